The van der Waals surface area contributed by atoms with Gasteiger partial charge in [0.2, 0.25) is 0 Å². The predicted molar refractivity (Wildman–Crippen MR) is 74.7 cm³/mol. The Morgan fingerprint density at radius 2 is 1.94 bits per heavy atom. The molecule has 1 aromatic rings. The van der Waals surface area contributed by atoms with E-state index < -0.39 is 0 Å². The van der Waals surface area contributed by atoms with Crippen LogP contribution in [0.25, 0.3) is 0 Å². The van der Waals surface area contributed by atoms with Crippen LogP contribution in [-0.4, -0.2) is 13.6 Å². The van der Waals surface area contributed by atoms with Crippen molar-refractivity contribution in [2.75, 3.05) is 13.6 Å². The third-order valence-electron chi connectivity index (χ3n) is 3.63. The molecule has 0 radical (unpaired) electrons. The Bertz CT molecular complexity index is 361. The molecule has 0 saturated heterocycles. The average molecular weight is 302 g/mol. The van der Waals surface area contributed by atoms with Crippen LogP contribution in [0.15, 0.2) is 22.7 Å². The van der Waals surface area contributed by atoms with Crippen molar-refractivity contribution >= 4 is 15.9 Å². The van der Waals surface area contributed by atoms with Crippen molar-refractivity contribution in [2.24, 2.45) is 5.41 Å². The lowest BCUT2D eigenvalue weighted by atomic mass is 9.77. The normalized spacial score (nSPS) is 11.8. The van der Waals surface area contributed by atoms with E-state index in [1.54, 1.807) is 6.07 Å². The minimum Gasteiger partial charge on any atom is -0.319 e. The van der Waals surface area contributed by atoms with Crippen LogP contribution in [-0.2, 0) is 6.42 Å². The molecular formula is C14H21BrFN. The second-order valence-corrected chi connectivity index (χ2v) is 5.50. The molecule has 0 amide bonds. The molecule has 0 heterocycles. The van der Waals surface area contributed by atoms with Gasteiger partial charge in [0.05, 0.1) is 0 Å². The first-order valence-corrected chi connectivity index (χ1v) is 6.94. The van der Waals surface area contributed by atoms with Gasteiger partial charge in [-0.3, -0.25) is 0 Å². The van der Waals surface area contributed by atoms with Gasteiger partial charge in [0.1, 0.15) is 5.82 Å². The van der Waals surface area contributed by atoms with E-state index in [2.05, 4.69) is 35.1 Å². The summed E-state index contributed by atoms with van der Waals surface area (Å²) < 4.78 is 13.9. The summed E-state index contributed by atoms with van der Waals surface area (Å²) in [5.41, 5.74) is 1.44. The van der Waals surface area contributed by atoms with Gasteiger partial charge in [0.25, 0.3) is 0 Å². The van der Waals surface area contributed by atoms with E-state index in [0.29, 0.717) is 0 Å². The number of hydrogen-bond acceptors (Lipinski definition) is 1. The molecule has 0 atom stereocenters. The van der Waals surface area contributed by atoms with E-state index in [-0.39, 0.29) is 11.2 Å². The topological polar surface area (TPSA) is 12.0 Å². The summed E-state index contributed by atoms with van der Waals surface area (Å²) in [4.78, 5) is 0. The van der Waals surface area contributed by atoms with Crippen LogP contribution in [0.5, 0.6) is 0 Å². The summed E-state index contributed by atoms with van der Waals surface area (Å²) in [6.45, 7) is 5.43. The molecule has 0 spiro atoms. The number of nitrogens with one attached hydrogen (secondary N) is 1. The first-order chi connectivity index (χ1) is 8.06. The van der Waals surface area contributed by atoms with Crippen molar-refractivity contribution in [3.63, 3.8) is 0 Å². The third-order valence-corrected chi connectivity index (χ3v) is 4.37. The third kappa shape index (κ3) is 3.78. The lowest BCUT2D eigenvalue weighted by Gasteiger charge is -2.32. The fourth-order valence-electron chi connectivity index (χ4n) is 2.26. The fourth-order valence-corrected chi connectivity index (χ4v) is 2.75. The molecule has 0 fully saturated rings. The number of halogens is 2. The zero-order valence-corrected chi connectivity index (χ0v) is 12.4. The number of hydrogen-bond donors (Lipinski definition) is 1. The molecule has 0 aromatic heterocycles. The fraction of sp³-hybridized carbons (Fsp3) is 0.571. The van der Waals surface area contributed by atoms with Gasteiger partial charge in [-0.25, -0.2) is 4.39 Å². The SMILES string of the molecule is CCC(CC)(CNC)Cc1ccc(F)cc1Br. The highest BCUT2D eigenvalue weighted by Crippen LogP contribution is 2.33. The molecular weight excluding hydrogens is 281 g/mol. The average Bonchev–Trinajstić information content (AvgIpc) is 2.32. The van der Waals surface area contributed by atoms with Crippen LogP contribution >= 0.6 is 15.9 Å². The predicted octanol–water partition coefficient (Wildman–Crippen LogP) is 4.16. The molecule has 0 aliphatic carbocycles. The van der Waals surface area contributed by atoms with Crippen LogP contribution < -0.4 is 5.32 Å². The van der Waals surface area contributed by atoms with Crippen molar-refractivity contribution in [1.29, 1.82) is 0 Å². The minimum atomic E-state index is -0.187. The largest absolute Gasteiger partial charge is 0.319 e. The van der Waals surface area contributed by atoms with Crippen molar-refractivity contribution in [1.82, 2.24) is 5.32 Å². The first kappa shape index (κ1) is 14.7. The summed E-state index contributed by atoms with van der Waals surface area (Å²) in [6.07, 6.45) is 3.21. The molecule has 96 valence electrons. The molecule has 1 rings (SSSR count). The Morgan fingerprint density at radius 1 is 1.29 bits per heavy atom. The molecule has 3 heteroatoms. The van der Waals surface area contributed by atoms with E-state index in [9.17, 15) is 4.39 Å². The first-order valence-electron chi connectivity index (χ1n) is 6.15. The Labute approximate surface area is 112 Å². The quantitative estimate of drug-likeness (QED) is 0.832. The molecule has 17 heavy (non-hydrogen) atoms. The number of benzene rings is 1. The highest BCUT2D eigenvalue weighted by Gasteiger charge is 2.26. The van der Waals surface area contributed by atoms with Gasteiger partial charge >= 0.3 is 0 Å². The van der Waals surface area contributed by atoms with Crippen LogP contribution in [0.1, 0.15) is 32.3 Å². The van der Waals surface area contributed by atoms with E-state index >= 15 is 0 Å². The lowest BCUT2D eigenvalue weighted by molar-refractivity contribution is 0.252. The Morgan fingerprint density at radius 3 is 2.41 bits per heavy atom. The smallest absolute Gasteiger partial charge is 0.124 e. The van der Waals surface area contributed by atoms with Gasteiger partial charge in [-0.1, -0.05) is 35.8 Å². The minimum absolute atomic E-state index is 0.187. The highest BCUT2D eigenvalue weighted by molar-refractivity contribution is 9.10. The van der Waals surface area contributed by atoms with Crippen LogP contribution in [0, 0.1) is 11.2 Å². The Hall–Kier alpha value is -0.410. The van der Waals surface area contributed by atoms with Crippen LogP contribution in [0.2, 0.25) is 0 Å². The summed E-state index contributed by atoms with van der Waals surface area (Å²) in [6, 6.07) is 4.97. The number of rotatable bonds is 6. The van der Waals surface area contributed by atoms with Crippen molar-refractivity contribution < 1.29 is 4.39 Å². The van der Waals surface area contributed by atoms with E-state index in [4.69, 9.17) is 0 Å². The highest BCUT2D eigenvalue weighted by atomic mass is 79.9. The van der Waals surface area contributed by atoms with Gasteiger partial charge in [-0.05, 0) is 49.4 Å². The standard InChI is InChI=1S/C14H21BrFN/c1-4-14(5-2,10-17-3)9-11-6-7-12(16)8-13(11)15/h6-8,17H,4-5,9-10H2,1-3H3. The van der Waals surface area contributed by atoms with Crippen molar-refractivity contribution in [3.8, 4) is 0 Å². The second kappa shape index (κ2) is 6.50. The molecule has 0 saturated carbocycles. The summed E-state index contributed by atoms with van der Waals surface area (Å²) in [7, 11) is 1.99. The maximum absolute atomic E-state index is 13.0. The molecule has 1 nitrogen and oxygen atoms in total. The summed E-state index contributed by atoms with van der Waals surface area (Å²) in [5.74, 6) is -0.187. The van der Waals surface area contributed by atoms with Crippen molar-refractivity contribution in [3.05, 3.63) is 34.1 Å². The molecule has 0 aliphatic heterocycles. The molecule has 0 aliphatic rings. The maximum Gasteiger partial charge on any atom is 0.124 e. The van der Waals surface area contributed by atoms with E-state index in [1.807, 2.05) is 13.1 Å². The lowest BCUT2D eigenvalue weighted by Crippen LogP contribution is -2.33. The molecule has 0 unspecified atom stereocenters. The van der Waals surface area contributed by atoms with E-state index in [1.165, 1.54) is 11.6 Å². The van der Waals surface area contributed by atoms with Crippen LogP contribution in [0.4, 0.5) is 4.39 Å². The van der Waals surface area contributed by atoms with Crippen LogP contribution in [0.3, 0.4) is 0 Å². The zero-order chi connectivity index (χ0) is 12.9. The van der Waals surface area contributed by atoms with Gasteiger partial charge in [0.15, 0.2) is 0 Å². The van der Waals surface area contributed by atoms with Gasteiger partial charge < -0.3 is 5.32 Å². The molecule has 1 aromatic carbocycles. The maximum atomic E-state index is 13.0. The van der Waals surface area contributed by atoms with Crippen molar-refractivity contribution in [2.45, 2.75) is 33.1 Å². The Kier molecular flexibility index (Phi) is 5.60. The van der Waals surface area contributed by atoms with Gasteiger partial charge in [-0.2, -0.15) is 0 Å². The Balaban J connectivity index is 2.92. The molecule has 0 bridgehead atoms. The van der Waals surface area contributed by atoms with E-state index in [0.717, 1.165) is 30.3 Å². The summed E-state index contributed by atoms with van der Waals surface area (Å²) in [5, 5.41) is 3.27. The molecule has 1 N–H and O–H groups in total. The zero-order valence-electron chi connectivity index (χ0n) is 10.8. The second-order valence-electron chi connectivity index (χ2n) is 4.65. The van der Waals surface area contributed by atoms with Gasteiger partial charge in [0, 0.05) is 11.0 Å². The van der Waals surface area contributed by atoms with Gasteiger partial charge in [-0.15, -0.1) is 0 Å². The summed E-state index contributed by atoms with van der Waals surface area (Å²) >= 11 is 3.45. The monoisotopic (exact) mass is 301 g/mol.